The first-order valence-electron chi connectivity index (χ1n) is 11.9. The molecule has 9 unspecified atom stereocenters. The molecule has 3 fully saturated rings. The van der Waals surface area contributed by atoms with Crippen LogP contribution in [0.5, 0.6) is 0 Å². The Kier molecular flexibility index (Phi) is 6.23. The van der Waals surface area contributed by atoms with Crippen LogP contribution in [0.2, 0.25) is 0 Å². The highest BCUT2D eigenvalue weighted by atomic mass is 19.3. The van der Waals surface area contributed by atoms with Gasteiger partial charge in [-0.25, -0.2) is 8.78 Å². The average Bonchev–Trinajstić information content (AvgIpc) is 3.00. The summed E-state index contributed by atoms with van der Waals surface area (Å²) in [7, 11) is 1.49. The van der Waals surface area contributed by atoms with Crippen molar-refractivity contribution in [1.82, 2.24) is 5.32 Å². The first-order chi connectivity index (χ1) is 15.0. The number of aliphatic hydroxyl groups is 3. The summed E-state index contributed by atoms with van der Waals surface area (Å²) in [6, 6.07) is -0.133. The molecular formula is C24H38F2N2O4. The SMILES string of the molecule is CON=C1C=C2C(CCC3(C)C(C(C)NCC(F)F)CCC23O)C2(C)CC(O)C(O)CC12. The Labute approximate surface area is 189 Å². The topological polar surface area (TPSA) is 94.3 Å². The van der Waals surface area contributed by atoms with Crippen molar-refractivity contribution in [3.8, 4) is 0 Å². The summed E-state index contributed by atoms with van der Waals surface area (Å²) in [5, 5.41) is 40.4. The normalized spacial score (nSPS) is 48.1. The first-order valence-corrected chi connectivity index (χ1v) is 11.9. The summed E-state index contributed by atoms with van der Waals surface area (Å²) in [5.41, 5.74) is -0.220. The third-order valence-electron chi connectivity index (χ3n) is 9.60. The van der Waals surface area contributed by atoms with Crippen LogP contribution >= 0.6 is 0 Å². The number of fused-ring (bicyclic) bond motifs is 5. The lowest BCUT2D eigenvalue weighted by Crippen LogP contribution is -2.61. The Hall–Kier alpha value is -1.09. The monoisotopic (exact) mass is 456 g/mol. The average molecular weight is 457 g/mol. The fraction of sp³-hybridized carbons (Fsp3) is 0.875. The molecule has 0 amide bonds. The number of alkyl halides is 2. The van der Waals surface area contributed by atoms with E-state index in [-0.39, 0.29) is 35.8 Å². The van der Waals surface area contributed by atoms with Crippen LogP contribution in [0, 0.1) is 28.6 Å². The van der Waals surface area contributed by atoms with Gasteiger partial charge in [0.1, 0.15) is 7.11 Å². The Bertz CT molecular complexity index is 792. The number of rotatable bonds is 5. The van der Waals surface area contributed by atoms with Gasteiger partial charge in [-0.05, 0) is 74.3 Å². The molecule has 0 aromatic heterocycles. The highest BCUT2D eigenvalue weighted by Crippen LogP contribution is 2.67. The van der Waals surface area contributed by atoms with Crippen LogP contribution in [0.25, 0.3) is 0 Å². The molecule has 32 heavy (non-hydrogen) atoms. The smallest absolute Gasteiger partial charge is 0.250 e. The van der Waals surface area contributed by atoms with Gasteiger partial charge in [-0.1, -0.05) is 19.0 Å². The molecule has 4 aliphatic carbocycles. The van der Waals surface area contributed by atoms with E-state index in [1.807, 2.05) is 13.0 Å². The van der Waals surface area contributed by atoms with E-state index in [0.29, 0.717) is 25.0 Å². The van der Waals surface area contributed by atoms with Crippen LogP contribution in [0.4, 0.5) is 8.78 Å². The molecule has 182 valence electrons. The summed E-state index contributed by atoms with van der Waals surface area (Å²) >= 11 is 0. The second kappa shape index (κ2) is 8.29. The van der Waals surface area contributed by atoms with Crippen LogP contribution in [-0.4, -0.2) is 65.0 Å². The lowest BCUT2D eigenvalue weighted by Gasteiger charge is -2.60. The van der Waals surface area contributed by atoms with E-state index in [1.165, 1.54) is 7.11 Å². The first kappa shape index (κ1) is 24.0. The van der Waals surface area contributed by atoms with Gasteiger partial charge >= 0.3 is 0 Å². The van der Waals surface area contributed by atoms with Gasteiger partial charge in [0.05, 0.1) is 30.1 Å². The maximum absolute atomic E-state index is 12.8. The zero-order chi connectivity index (χ0) is 23.5. The number of nitrogens with one attached hydrogen (secondary N) is 1. The van der Waals surface area contributed by atoms with Crippen molar-refractivity contribution < 1.29 is 28.9 Å². The lowest BCUT2D eigenvalue weighted by atomic mass is 9.46. The van der Waals surface area contributed by atoms with E-state index < -0.39 is 29.6 Å². The van der Waals surface area contributed by atoms with Crippen LogP contribution in [-0.2, 0) is 4.84 Å². The zero-order valence-corrected chi connectivity index (χ0v) is 19.5. The predicted octanol–water partition coefficient (Wildman–Crippen LogP) is 2.87. The van der Waals surface area contributed by atoms with Gasteiger partial charge in [0, 0.05) is 17.4 Å². The summed E-state index contributed by atoms with van der Waals surface area (Å²) in [4.78, 5) is 5.14. The standard InChI is InChI=1S/C24H38F2N2O4/c1-13(27-12-21(25)26)14-6-8-24(31)16-9-18(28-32-4)17-10-19(29)20(30)11-22(17,2)15(16)5-7-23(14,24)3/h9,13-15,17,19-21,27,29-31H,5-8,10-12H2,1-4H3. The summed E-state index contributed by atoms with van der Waals surface area (Å²) < 4.78 is 25.6. The molecule has 0 saturated heterocycles. The van der Waals surface area contributed by atoms with E-state index in [9.17, 15) is 24.1 Å². The number of aliphatic hydroxyl groups excluding tert-OH is 2. The minimum absolute atomic E-state index is 0.0617. The fourth-order valence-electron chi connectivity index (χ4n) is 7.85. The number of hydrogen-bond acceptors (Lipinski definition) is 6. The number of hydrogen-bond donors (Lipinski definition) is 4. The van der Waals surface area contributed by atoms with Crippen LogP contribution in [0.1, 0.15) is 59.3 Å². The molecule has 4 rings (SSSR count). The number of halogens is 2. The summed E-state index contributed by atoms with van der Waals surface area (Å²) in [6.07, 6.45) is 1.77. The van der Waals surface area contributed by atoms with Crippen molar-refractivity contribution in [2.75, 3.05) is 13.7 Å². The third kappa shape index (κ3) is 3.44. The molecule has 0 aromatic rings. The zero-order valence-electron chi connectivity index (χ0n) is 19.5. The van der Waals surface area contributed by atoms with Gasteiger partial charge in [0.25, 0.3) is 6.43 Å². The number of nitrogens with zero attached hydrogens (tertiary/aromatic N) is 1. The van der Waals surface area contributed by atoms with Crippen LogP contribution in [0.15, 0.2) is 16.8 Å². The Morgan fingerprint density at radius 1 is 1.19 bits per heavy atom. The predicted molar refractivity (Wildman–Crippen MR) is 117 cm³/mol. The van der Waals surface area contributed by atoms with Crippen molar-refractivity contribution >= 4 is 5.71 Å². The molecule has 0 aliphatic heterocycles. The van der Waals surface area contributed by atoms with Crippen molar-refractivity contribution in [3.63, 3.8) is 0 Å². The fourth-order valence-corrected chi connectivity index (χ4v) is 7.85. The van der Waals surface area contributed by atoms with Gasteiger partial charge in [-0.2, -0.15) is 0 Å². The molecular weight excluding hydrogens is 418 g/mol. The van der Waals surface area contributed by atoms with Crippen LogP contribution < -0.4 is 5.32 Å². The second-order valence-electron chi connectivity index (χ2n) is 11.0. The number of allylic oxidation sites excluding steroid dienone is 1. The third-order valence-corrected chi connectivity index (χ3v) is 9.60. The minimum Gasteiger partial charge on any atom is -0.399 e. The van der Waals surface area contributed by atoms with Crippen molar-refractivity contribution in [3.05, 3.63) is 11.6 Å². The van der Waals surface area contributed by atoms with Gasteiger partial charge in [-0.15, -0.1) is 0 Å². The van der Waals surface area contributed by atoms with E-state index in [2.05, 4.69) is 24.3 Å². The highest BCUT2D eigenvalue weighted by molar-refractivity contribution is 5.99. The molecule has 4 aliphatic rings. The van der Waals surface area contributed by atoms with Gasteiger partial charge in [0.15, 0.2) is 0 Å². The van der Waals surface area contributed by atoms with Crippen LogP contribution in [0.3, 0.4) is 0 Å². The second-order valence-corrected chi connectivity index (χ2v) is 11.0. The van der Waals surface area contributed by atoms with Gasteiger partial charge in [0.2, 0.25) is 0 Å². The molecule has 0 heterocycles. The molecule has 0 spiro atoms. The van der Waals surface area contributed by atoms with E-state index in [0.717, 1.165) is 24.8 Å². The maximum atomic E-state index is 12.8. The molecule has 3 saturated carbocycles. The highest BCUT2D eigenvalue weighted by Gasteiger charge is 2.66. The Morgan fingerprint density at radius 2 is 1.91 bits per heavy atom. The van der Waals surface area contributed by atoms with E-state index >= 15 is 0 Å². The largest absolute Gasteiger partial charge is 0.399 e. The molecule has 0 bridgehead atoms. The Morgan fingerprint density at radius 3 is 2.56 bits per heavy atom. The molecule has 0 radical (unpaired) electrons. The quantitative estimate of drug-likeness (QED) is 0.478. The van der Waals surface area contributed by atoms with Gasteiger partial charge < -0.3 is 25.5 Å². The number of oxime groups is 1. The Balaban J connectivity index is 1.72. The van der Waals surface area contributed by atoms with E-state index in [4.69, 9.17) is 4.84 Å². The lowest BCUT2D eigenvalue weighted by molar-refractivity contribution is -0.121. The van der Waals surface area contributed by atoms with Crippen molar-refractivity contribution in [1.29, 1.82) is 0 Å². The maximum Gasteiger partial charge on any atom is 0.250 e. The summed E-state index contributed by atoms with van der Waals surface area (Å²) in [6.45, 7) is 5.84. The molecule has 6 nitrogen and oxygen atoms in total. The van der Waals surface area contributed by atoms with E-state index in [1.54, 1.807) is 0 Å². The summed E-state index contributed by atoms with van der Waals surface area (Å²) in [5.74, 6) is 0.0678. The molecule has 8 heteroatoms. The van der Waals surface area contributed by atoms with Crippen molar-refractivity contribution in [2.45, 2.75) is 89.6 Å². The molecule has 9 atom stereocenters. The molecule has 0 aromatic carbocycles. The minimum atomic E-state index is -2.40. The van der Waals surface area contributed by atoms with Gasteiger partial charge in [-0.3, -0.25) is 0 Å². The molecule has 4 N–H and O–H groups in total. The van der Waals surface area contributed by atoms with Crippen molar-refractivity contribution in [2.24, 2.45) is 33.7 Å².